The molecule has 0 spiro atoms. The Kier molecular flexibility index (Phi) is 7.67. The fourth-order valence-electron chi connectivity index (χ4n) is 3.57. The van der Waals surface area contributed by atoms with Crippen molar-refractivity contribution in [3.63, 3.8) is 0 Å². The number of hydrogen-bond donors (Lipinski definition) is 3. The molecule has 1 heterocycles. The Bertz CT molecular complexity index is 1070. The van der Waals surface area contributed by atoms with Crippen molar-refractivity contribution in [1.82, 2.24) is 9.37 Å². The van der Waals surface area contributed by atoms with Gasteiger partial charge in [0.05, 0.1) is 10.9 Å². The van der Waals surface area contributed by atoms with Crippen molar-refractivity contribution >= 4 is 16.1 Å². The van der Waals surface area contributed by atoms with Gasteiger partial charge in [0.25, 0.3) is 0 Å². The number of ether oxygens (including phenoxy) is 2. The third-order valence-electron chi connectivity index (χ3n) is 5.21. The lowest BCUT2D eigenvalue weighted by Gasteiger charge is -2.28. The SMILES string of the molecule is CC(C)CN(CCC(Cc1ccc(O)cc1)N(O)C(=O)O)S(=O)(=O)c1ccc2c(c1)OCO2. The molecule has 3 N–H and O–H groups in total. The number of phenolic OH excluding ortho intramolecular Hbond substituents is 1. The number of sulfonamides is 1. The zero-order valence-electron chi connectivity index (χ0n) is 18.4. The normalized spacial score (nSPS) is 14.0. The van der Waals surface area contributed by atoms with Gasteiger partial charge in [-0.25, -0.2) is 13.2 Å². The van der Waals surface area contributed by atoms with Gasteiger partial charge in [0.2, 0.25) is 16.8 Å². The molecule has 1 amide bonds. The van der Waals surface area contributed by atoms with Crippen LogP contribution in [0, 0.1) is 5.92 Å². The first-order valence-corrected chi connectivity index (χ1v) is 11.9. The zero-order valence-corrected chi connectivity index (χ0v) is 19.2. The van der Waals surface area contributed by atoms with Crippen molar-refractivity contribution in [2.75, 3.05) is 19.9 Å². The molecule has 0 radical (unpaired) electrons. The van der Waals surface area contributed by atoms with E-state index in [1.807, 2.05) is 13.8 Å². The number of hydrogen-bond acceptors (Lipinski definition) is 7. The second kappa shape index (κ2) is 10.3. The van der Waals surface area contributed by atoms with Gasteiger partial charge in [-0.2, -0.15) is 9.37 Å². The highest BCUT2D eigenvalue weighted by molar-refractivity contribution is 7.89. The van der Waals surface area contributed by atoms with E-state index in [2.05, 4.69) is 0 Å². The number of nitrogens with zero attached hydrogens (tertiary/aromatic N) is 2. The lowest BCUT2D eigenvalue weighted by Crippen LogP contribution is -2.42. The lowest BCUT2D eigenvalue weighted by atomic mass is 10.0. The van der Waals surface area contributed by atoms with Gasteiger partial charge >= 0.3 is 6.09 Å². The Morgan fingerprint density at radius 2 is 1.76 bits per heavy atom. The average molecular weight is 481 g/mol. The molecule has 1 atom stereocenters. The molecule has 11 heteroatoms. The summed E-state index contributed by atoms with van der Waals surface area (Å²) in [5.74, 6) is 0.884. The number of fused-ring (bicyclic) bond motifs is 1. The molecule has 0 aromatic heterocycles. The fourth-order valence-corrected chi connectivity index (χ4v) is 5.20. The lowest BCUT2D eigenvalue weighted by molar-refractivity contribution is -0.0984. The summed E-state index contributed by atoms with van der Waals surface area (Å²) in [6, 6.07) is 9.66. The summed E-state index contributed by atoms with van der Waals surface area (Å²) < 4.78 is 38.6. The van der Waals surface area contributed by atoms with E-state index in [4.69, 9.17) is 9.47 Å². The van der Waals surface area contributed by atoms with E-state index in [0.29, 0.717) is 17.1 Å². The molecular formula is C22H28N2O8S. The molecule has 2 aromatic carbocycles. The number of phenols is 1. The average Bonchev–Trinajstić information content (AvgIpc) is 3.24. The summed E-state index contributed by atoms with van der Waals surface area (Å²) in [5.41, 5.74) is 0.687. The molecular weight excluding hydrogens is 452 g/mol. The molecule has 3 rings (SSSR count). The van der Waals surface area contributed by atoms with Gasteiger partial charge in [-0.1, -0.05) is 26.0 Å². The standard InChI is InChI=1S/C22H28N2O8S/c1-15(2)13-23(33(29,30)19-7-8-20-21(12-19)32-14-31-20)10-9-17(24(28)22(26)27)11-16-3-5-18(25)6-4-16/h3-8,12,15,17,25,28H,9-11,13-14H2,1-2H3,(H,26,27). The second-order valence-corrected chi connectivity index (χ2v) is 10.2. The maximum absolute atomic E-state index is 13.4. The van der Waals surface area contributed by atoms with Crippen molar-refractivity contribution in [2.45, 2.75) is 37.6 Å². The highest BCUT2D eigenvalue weighted by atomic mass is 32.2. The van der Waals surface area contributed by atoms with Crippen LogP contribution >= 0.6 is 0 Å². The molecule has 0 fully saturated rings. The summed E-state index contributed by atoms with van der Waals surface area (Å²) >= 11 is 0. The molecule has 10 nitrogen and oxygen atoms in total. The van der Waals surface area contributed by atoms with Crippen molar-refractivity contribution in [1.29, 1.82) is 0 Å². The minimum atomic E-state index is -3.92. The third-order valence-corrected chi connectivity index (χ3v) is 7.07. The first-order chi connectivity index (χ1) is 15.6. The van der Waals surface area contributed by atoms with Crippen LogP contribution in [0.1, 0.15) is 25.8 Å². The van der Waals surface area contributed by atoms with E-state index in [1.165, 1.54) is 34.6 Å². The van der Waals surface area contributed by atoms with Crippen LogP contribution in [-0.4, -0.2) is 65.2 Å². The first-order valence-electron chi connectivity index (χ1n) is 10.5. The fraction of sp³-hybridized carbons (Fsp3) is 0.409. The summed E-state index contributed by atoms with van der Waals surface area (Å²) in [5, 5.41) is 29.1. The number of benzene rings is 2. The highest BCUT2D eigenvalue weighted by Crippen LogP contribution is 2.35. The molecule has 0 saturated heterocycles. The first kappa shape index (κ1) is 24.6. The number of carbonyl (C=O) groups is 1. The Morgan fingerprint density at radius 1 is 1.09 bits per heavy atom. The van der Waals surface area contributed by atoms with Gasteiger partial charge in [-0.15, -0.1) is 0 Å². The molecule has 0 aliphatic carbocycles. The van der Waals surface area contributed by atoms with Crippen LogP contribution in [0.2, 0.25) is 0 Å². The Hall–Kier alpha value is -3.02. The van der Waals surface area contributed by atoms with Crippen LogP contribution < -0.4 is 9.47 Å². The summed E-state index contributed by atoms with van der Waals surface area (Å²) in [7, 11) is -3.92. The number of rotatable bonds is 10. The third kappa shape index (κ3) is 6.06. The zero-order chi connectivity index (χ0) is 24.2. The van der Waals surface area contributed by atoms with Crippen LogP contribution in [0.4, 0.5) is 4.79 Å². The predicted octanol–water partition coefficient (Wildman–Crippen LogP) is 3.14. The van der Waals surface area contributed by atoms with Crippen molar-refractivity contribution < 1.29 is 38.1 Å². The minimum absolute atomic E-state index is 0.00837. The summed E-state index contributed by atoms with van der Waals surface area (Å²) in [6.45, 7) is 3.98. The Morgan fingerprint density at radius 3 is 2.39 bits per heavy atom. The summed E-state index contributed by atoms with van der Waals surface area (Å²) in [4.78, 5) is 11.5. The molecule has 33 heavy (non-hydrogen) atoms. The van der Waals surface area contributed by atoms with Gasteiger partial charge < -0.3 is 19.7 Å². The maximum atomic E-state index is 13.4. The number of carboxylic acid groups (broad SMARTS) is 1. The molecule has 1 aliphatic rings. The van der Waals surface area contributed by atoms with Gasteiger partial charge in [0.1, 0.15) is 5.75 Å². The second-order valence-electron chi connectivity index (χ2n) is 8.21. The topological polar surface area (TPSA) is 137 Å². The molecule has 1 aliphatic heterocycles. The predicted molar refractivity (Wildman–Crippen MR) is 118 cm³/mol. The molecule has 2 aromatic rings. The van der Waals surface area contributed by atoms with E-state index < -0.39 is 22.2 Å². The largest absolute Gasteiger partial charge is 0.508 e. The van der Waals surface area contributed by atoms with Crippen LogP contribution in [0.15, 0.2) is 47.4 Å². The Labute approximate surface area is 192 Å². The van der Waals surface area contributed by atoms with E-state index in [-0.39, 0.29) is 54.4 Å². The maximum Gasteiger partial charge on any atom is 0.431 e. The minimum Gasteiger partial charge on any atom is -0.508 e. The van der Waals surface area contributed by atoms with E-state index in [9.17, 15) is 28.6 Å². The number of amides is 1. The van der Waals surface area contributed by atoms with Gasteiger partial charge in [-0.05, 0) is 48.6 Å². The smallest absolute Gasteiger partial charge is 0.431 e. The number of hydroxylamine groups is 2. The van der Waals surface area contributed by atoms with E-state index in [0.717, 1.165) is 0 Å². The highest BCUT2D eigenvalue weighted by Gasteiger charge is 2.30. The van der Waals surface area contributed by atoms with Crippen LogP contribution in [0.3, 0.4) is 0 Å². The molecule has 180 valence electrons. The number of aromatic hydroxyl groups is 1. The van der Waals surface area contributed by atoms with Crippen LogP contribution in [0.5, 0.6) is 17.2 Å². The summed E-state index contributed by atoms with van der Waals surface area (Å²) in [6.07, 6.45) is -1.34. The molecule has 1 unspecified atom stereocenters. The van der Waals surface area contributed by atoms with Crippen LogP contribution in [0.25, 0.3) is 0 Å². The molecule has 0 saturated carbocycles. The van der Waals surface area contributed by atoms with Crippen LogP contribution in [-0.2, 0) is 16.4 Å². The quantitative estimate of drug-likeness (QED) is 0.348. The molecule has 0 bridgehead atoms. The van der Waals surface area contributed by atoms with Crippen molar-refractivity contribution in [3.8, 4) is 17.2 Å². The van der Waals surface area contributed by atoms with E-state index >= 15 is 0 Å². The van der Waals surface area contributed by atoms with Gasteiger partial charge in [-0.3, -0.25) is 5.21 Å². The van der Waals surface area contributed by atoms with Crippen molar-refractivity contribution in [3.05, 3.63) is 48.0 Å². The van der Waals surface area contributed by atoms with Gasteiger partial charge in [0, 0.05) is 19.2 Å². The monoisotopic (exact) mass is 480 g/mol. The van der Waals surface area contributed by atoms with Crippen molar-refractivity contribution in [2.24, 2.45) is 5.92 Å². The van der Waals surface area contributed by atoms with Gasteiger partial charge in [0.15, 0.2) is 11.5 Å². The van der Waals surface area contributed by atoms with E-state index in [1.54, 1.807) is 12.1 Å². The Balaban J connectivity index is 1.82.